The Kier molecular flexibility index (Phi) is 4.22. The lowest BCUT2D eigenvalue weighted by Crippen LogP contribution is -2.28. The molecule has 1 aliphatic rings. The Morgan fingerprint density at radius 1 is 1.33 bits per heavy atom. The van der Waals surface area contributed by atoms with Crippen molar-refractivity contribution in [3.05, 3.63) is 22.3 Å². The average Bonchev–Trinajstić information content (AvgIpc) is 2.50. The lowest BCUT2D eigenvalue weighted by molar-refractivity contribution is 0.857. The number of hydrogen-bond acceptors (Lipinski definition) is 4. The molecule has 0 N–H and O–H groups in total. The van der Waals surface area contributed by atoms with Gasteiger partial charge in [-0.15, -0.1) is 0 Å². The van der Waals surface area contributed by atoms with Gasteiger partial charge in [-0.1, -0.05) is 21.6 Å². The molecule has 0 spiro atoms. The number of halogens is 1. The second-order valence-corrected chi connectivity index (χ2v) is 6.89. The summed E-state index contributed by atoms with van der Waals surface area (Å²) in [6.45, 7) is 4.29. The van der Waals surface area contributed by atoms with Gasteiger partial charge in [0.1, 0.15) is 5.82 Å². The Morgan fingerprint density at radius 2 is 2.00 bits per heavy atom. The number of aromatic nitrogens is 1. The van der Waals surface area contributed by atoms with Crippen molar-refractivity contribution >= 4 is 43.3 Å². The molecule has 2 heterocycles. The second-order valence-electron chi connectivity index (χ2n) is 3.40. The summed E-state index contributed by atoms with van der Waals surface area (Å²) in [5.41, 5.74) is 1.25. The number of rotatable bonds is 1. The van der Waals surface area contributed by atoms with E-state index < -0.39 is 0 Å². The van der Waals surface area contributed by atoms with Crippen LogP contribution in [0.5, 0.6) is 0 Å². The lowest BCUT2D eigenvalue weighted by atomic mass is 10.3. The molecule has 1 saturated heterocycles. The minimum absolute atomic E-state index is 1.09. The third kappa shape index (κ3) is 2.82. The first-order chi connectivity index (χ1) is 7.29. The molecule has 0 radical (unpaired) electrons. The molecule has 5 heteroatoms. The van der Waals surface area contributed by atoms with Crippen molar-refractivity contribution < 1.29 is 0 Å². The molecule has 0 bridgehead atoms. The standard InChI is InChI=1S/C10H13BrN2S2/c1-8-2-3-12-10(9(8)11)13-4-6-14-15-7-5-13/h2-3H,4-7H2,1H3. The van der Waals surface area contributed by atoms with Crippen LogP contribution in [0, 0.1) is 6.92 Å². The van der Waals surface area contributed by atoms with Crippen LogP contribution in [0.4, 0.5) is 5.82 Å². The molecule has 0 unspecified atom stereocenters. The maximum atomic E-state index is 4.46. The summed E-state index contributed by atoms with van der Waals surface area (Å²) < 4.78 is 1.14. The van der Waals surface area contributed by atoms with Crippen LogP contribution in [0.15, 0.2) is 16.7 Å². The zero-order valence-corrected chi connectivity index (χ0v) is 11.8. The Labute approximate surface area is 107 Å². The topological polar surface area (TPSA) is 16.1 Å². The van der Waals surface area contributed by atoms with Gasteiger partial charge in [0, 0.05) is 30.8 Å². The van der Waals surface area contributed by atoms with Gasteiger partial charge < -0.3 is 4.90 Å². The van der Waals surface area contributed by atoms with Crippen molar-refractivity contribution in [1.82, 2.24) is 4.98 Å². The highest BCUT2D eigenvalue weighted by molar-refractivity contribution is 9.10. The van der Waals surface area contributed by atoms with Gasteiger partial charge in [0.15, 0.2) is 0 Å². The molecule has 0 aromatic carbocycles. The van der Waals surface area contributed by atoms with E-state index in [9.17, 15) is 0 Å². The third-order valence-electron chi connectivity index (χ3n) is 2.34. The largest absolute Gasteiger partial charge is 0.354 e. The average molecular weight is 305 g/mol. The Hall–Kier alpha value is 0.130. The maximum absolute atomic E-state index is 4.46. The molecular formula is C10H13BrN2S2. The fourth-order valence-electron chi connectivity index (χ4n) is 1.48. The van der Waals surface area contributed by atoms with E-state index in [1.165, 1.54) is 17.1 Å². The third-order valence-corrected chi connectivity index (χ3v) is 5.68. The monoisotopic (exact) mass is 304 g/mol. The van der Waals surface area contributed by atoms with Gasteiger partial charge in [0.25, 0.3) is 0 Å². The summed E-state index contributed by atoms with van der Waals surface area (Å²) in [5.74, 6) is 3.44. The molecule has 0 amide bonds. The van der Waals surface area contributed by atoms with E-state index in [0.29, 0.717) is 0 Å². The van der Waals surface area contributed by atoms with Crippen molar-refractivity contribution in [2.24, 2.45) is 0 Å². The number of nitrogens with zero attached hydrogens (tertiary/aromatic N) is 2. The quantitative estimate of drug-likeness (QED) is 0.739. The highest BCUT2D eigenvalue weighted by Crippen LogP contribution is 2.30. The van der Waals surface area contributed by atoms with Gasteiger partial charge in [0.05, 0.1) is 4.47 Å². The summed E-state index contributed by atoms with van der Waals surface area (Å²) in [7, 11) is 3.91. The smallest absolute Gasteiger partial charge is 0.143 e. The van der Waals surface area contributed by atoms with Crippen LogP contribution in [-0.2, 0) is 0 Å². The Balaban J connectivity index is 2.23. The first kappa shape index (κ1) is 11.6. The van der Waals surface area contributed by atoms with Crippen LogP contribution in [0.2, 0.25) is 0 Å². The van der Waals surface area contributed by atoms with E-state index in [4.69, 9.17) is 0 Å². The minimum Gasteiger partial charge on any atom is -0.354 e. The highest BCUT2D eigenvalue weighted by Gasteiger charge is 2.14. The zero-order valence-electron chi connectivity index (χ0n) is 8.57. The van der Waals surface area contributed by atoms with E-state index in [1.807, 2.05) is 33.9 Å². The minimum atomic E-state index is 1.09. The summed E-state index contributed by atoms with van der Waals surface area (Å²) in [5, 5.41) is 0. The van der Waals surface area contributed by atoms with Gasteiger partial charge in [-0.2, -0.15) is 0 Å². The van der Waals surface area contributed by atoms with Crippen molar-refractivity contribution in [3.8, 4) is 0 Å². The van der Waals surface area contributed by atoms with Crippen molar-refractivity contribution in [1.29, 1.82) is 0 Å². The van der Waals surface area contributed by atoms with Gasteiger partial charge >= 0.3 is 0 Å². The molecule has 82 valence electrons. The number of aryl methyl sites for hydroxylation is 1. The molecule has 15 heavy (non-hydrogen) atoms. The summed E-state index contributed by atoms with van der Waals surface area (Å²) in [6.07, 6.45) is 1.89. The van der Waals surface area contributed by atoms with E-state index in [1.54, 1.807) is 0 Å². The Bertz CT molecular complexity index is 338. The SMILES string of the molecule is Cc1ccnc(N2CCSSCC2)c1Br. The fourth-order valence-corrected chi connectivity index (χ4v) is 3.95. The molecule has 0 saturated carbocycles. The summed E-state index contributed by atoms with van der Waals surface area (Å²) in [4.78, 5) is 6.83. The van der Waals surface area contributed by atoms with Gasteiger partial charge in [-0.05, 0) is 34.5 Å². The summed E-state index contributed by atoms with van der Waals surface area (Å²) in [6, 6.07) is 2.04. The molecular weight excluding hydrogens is 292 g/mol. The molecule has 1 aromatic rings. The fraction of sp³-hybridized carbons (Fsp3) is 0.500. The van der Waals surface area contributed by atoms with Crippen LogP contribution < -0.4 is 4.90 Å². The molecule has 0 atom stereocenters. The molecule has 1 aliphatic heterocycles. The van der Waals surface area contributed by atoms with Gasteiger partial charge in [0.2, 0.25) is 0 Å². The van der Waals surface area contributed by atoms with Crippen molar-refractivity contribution in [2.75, 3.05) is 29.5 Å². The summed E-state index contributed by atoms with van der Waals surface area (Å²) >= 11 is 3.62. The van der Waals surface area contributed by atoms with Crippen LogP contribution >= 0.6 is 37.5 Å². The van der Waals surface area contributed by atoms with Gasteiger partial charge in [-0.25, -0.2) is 4.98 Å². The van der Waals surface area contributed by atoms with Crippen molar-refractivity contribution in [2.45, 2.75) is 6.92 Å². The zero-order chi connectivity index (χ0) is 10.7. The predicted octanol–water partition coefficient (Wildman–Crippen LogP) is 3.35. The molecule has 1 fully saturated rings. The molecule has 1 aromatic heterocycles. The molecule has 2 nitrogen and oxygen atoms in total. The lowest BCUT2D eigenvalue weighted by Gasteiger charge is -2.22. The molecule has 0 aliphatic carbocycles. The van der Waals surface area contributed by atoms with Crippen LogP contribution in [-0.4, -0.2) is 29.6 Å². The maximum Gasteiger partial charge on any atom is 0.143 e. The van der Waals surface area contributed by atoms with Crippen molar-refractivity contribution in [3.63, 3.8) is 0 Å². The second kappa shape index (κ2) is 5.46. The van der Waals surface area contributed by atoms with E-state index >= 15 is 0 Å². The first-order valence-corrected chi connectivity index (χ1v) is 8.17. The van der Waals surface area contributed by atoms with E-state index in [0.717, 1.165) is 23.4 Å². The van der Waals surface area contributed by atoms with Crippen LogP contribution in [0.3, 0.4) is 0 Å². The number of anilines is 1. The molecule has 2 rings (SSSR count). The highest BCUT2D eigenvalue weighted by atomic mass is 79.9. The van der Waals surface area contributed by atoms with Gasteiger partial charge in [-0.3, -0.25) is 0 Å². The predicted molar refractivity (Wildman–Crippen MR) is 73.8 cm³/mol. The Morgan fingerprint density at radius 3 is 2.67 bits per heavy atom. The first-order valence-electron chi connectivity index (χ1n) is 4.89. The van der Waals surface area contributed by atoms with Crippen LogP contribution in [0.1, 0.15) is 5.56 Å². The number of pyridine rings is 1. The van der Waals surface area contributed by atoms with E-state index in [2.05, 4.69) is 32.7 Å². The van der Waals surface area contributed by atoms with Crippen LogP contribution in [0.25, 0.3) is 0 Å². The normalized spacial score (nSPS) is 17.6. The number of hydrogen-bond donors (Lipinski definition) is 0. The van der Waals surface area contributed by atoms with E-state index in [-0.39, 0.29) is 0 Å².